The molecule has 4 rings (SSSR count). The number of nitrogens with one attached hydrogen (secondary N) is 3. The van der Waals surface area contributed by atoms with E-state index < -0.39 is 11.9 Å². The van der Waals surface area contributed by atoms with Gasteiger partial charge in [-0.1, -0.05) is 11.8 Å². The van der Waals surface area contributed by atoms with Crippen LogP contribution in [0.15, 0.2) is 24.4 Å². The number of β-amino-alcohol motifs (C(OH)–C–C–N with tert-alkyl or cyclic N) is 1. The summed E-state index contributed by atoms with van der Waals surface area (Å²) < 4.78 is 19.8. The zero-order chi connectivity index (χ0) is 19.0. The summed E-state index contributed by atoms with van der Waals surface area (Å²) in [6, 6.07) is 4.34. The molecule has 1 saturated heterocycles. The molecule has 8 heteroatoms. The second kappa shape index (κ2) is 8.07. The molecule has 1 aromatic heterocycles. The Hall–Kier alpha value is -2.79. The monoisotopic (exact) mass is 403 g/mol. The van der Waals surface area contributed by atoms with Gasteiger partial charge in [0.25, 0.3) is 5.91 Å². The Morgan fingerprint density at radius 3 is 2.89 bits per heavy atom. The molecule has 0 radical (unpaired) electrons. The number of aromatic nitrogens is 1. The van der Waals surface area contributed by atoms with E-state index >= 15 is 0 Å². The second-order valence-electron chi connectivity index (χ2n) is 6.44. The van der Waals surface area contributed by atoms with Crippen LogP contribution in [0.2, 0.25) is 0 Å². The van der Waals surface area contributed by atoms with Gasteiger partial charge in [-0.2, -0.15) is 0 Å². The van der Waals surface area contributed by atoms with Gasteiger partial charge in [0.15, 0.2) is 0 Å². The number of hydrogen-bond acceptors (Lipinski definition) is 4. The first kappa shape index (κ1) is 20.0. The lowest BCUT2D eigenvalue weighted by molar-refractivity contribution is -0.110. The molecular formula is C20H19ClFN3O3. The number of anilines is 1. The molecule has 1 fully saturated rings. The first-order valence-corrected chi connectivity index (χ1v) is 8.57. The molecule has 2 aromatic rings. The third-order valence-electron chi connectivity index (χ3n) is 4.64. The fraction of sp³-hybridized carbons (Fsp3) is 0.250. The fourth-order valence-corrected chi connectivity index (χ4v) is 3.31. The molecule has 2 aliphatic heterocycles. The van der Waals surface area contributed by atoms with Crippen LogP contribution in [0.25, 0.3) is 11.6 Å². The maximum absolute atomic E-state index is 14.5. The van der Waals surface area contributed by atoms with Crippen molar-refractivity contribution in [3.63, 3.8) is 0 Å². The van der Waals surface area contributed by atoms with E-state index in [4.69, 9.17) is 4.74 Å². The molecule has 1 amide bonds. The van der Waals surface area contributed by atoms with Gasteiger partial charge in [-0.25, -0.2) is 4.39 Å². The lowest BCUT2D eigenvalue weighted by Crippen LogP contribution is -2.19. The normalized spacial score (nSPS) is 21.5. The number of rotatable bonds is 2. The summed E-state index contributed by atoms with van der Waals surface area (Å²) in [5, 5.41) is 15.4. The number of fused-ring (bicyclic) bond motifs is 1. The minimum absolute atomic E-state index is 0. The van der Waals surface area contributed by atoms with Crippen LogP contribution in [0.5, 0.6) is 5.75 Å². The molecule has 146 valence electrons. The largest absolute Gasteiger partial charge is 0.495 e. The topological polar surface area (TPSA) is 86.4 Å². The molecule has 1 aromatic carbocycles. The Morgan fingerprint density at radius 1 is 1.36 bits per heavy atom. The molecule has 6 nitrogen and oxygen atoms in total. The molecule has 3 heterocycles. The highest BCUT2D eigenvalue weighted by Gasteiger charge is 2.29. The van der Waals surface area contributed by atoms with Crippen molar-refractivity contribution in [2.45, 2.75) is 18.6 Å². The number of aliphatic hydroxyl groups is 1. The van der Waals surface area contributed by atoms with Gasteiger partial charge in [0.05, 0.1) is 41.8 Å². The van der Waals surface area contributed by atoms with Gasteiger partial charge >= 0.3 is 0 Å². The van der Waals surface area contributed by atoms with Crippen LogP contribution < -0.4 is 15.4 Å². The van der Waals surface area contributed by atoms with Gasteiger partial charge < -0.3 is 25.5 Å². The number of benzene rings is 1. The molecule has 2 unspecified atom stereocenters. The fourth-order valence-electron chi connectivity index (χ4n) is 3.31. The van der Waals surface area contributed by atoms with Crippen molar-refractivity contribution in [3.8, 4) is 17.6 Å². The molecule has 0 bridgehead atoms. The number of H-pyrrole nitrogens is 1. The van der Waals surface area contributed by atoms with E-state index in [2.05, 4.69) is 27.5 Å². The van der Waals surface area contributed by atoms with Crippen molar-refractivity contribution >= 4 is 35.7 Å². The second-order valence-corrected chi connectivity index (χ2v) is 6.44. The maximum atomic E-state index is 14.5. The summed E-state index contributed by atoms with van der Waals surface area (Å²) in [7, 11) is 1.54. The Bertz CT molecular complexity index is 1010. The van der Waals surface area contributed by atoms with Crippen molar-refractivity contribution in [2.75, 3.05) is 19.0 Å². The maximum Gasteiger partial charge on any atom is 0.256 e. The average molecular weight is 404 g/mol. The molecule has 0 aliphatic carbocycles. The number of hydrogen-bond donors (Lipinski definition) is 4. The molecule has 0 spiro atoms. The van der Waals surface area contributed by atoms with Crippen LogP contribution in [-0.4, -0.2) is 41.8 Å². The summed E-state index contributed by atoms with van der Waals surface area (Å²) >= 11 is 0. The van der Waals surface area contributed by atoms with E-state index in [-0.39, 0.29) is 29.9 Å². The van der Waals surface area contributed by atoms with E-state index in [0.29, 0.717) is 41.2 Å². The molecule has 2 aliphatic rings. The quantitative estimate of drug-likeness (QED) is 0.457. The highest BCUT2D eigenvalue weighted by Crippen LogP contribution is 2.37. The number of carbonyl (C=O) groups is 1. The van der Waals surface area contributed by atoms with Crippen LogP contribution in [0.4, 0.5) is 10.1 Å². The van der Waals surface area contributed by atoms with Crippen molar-refractivity contribution in [1.82, 2.24) is 10.3 Å². The third-order valence-corrected chi connectivity index (χ3v) is 4.64. The highest BCUT2D eigenvalue weighted by atomic mass is 35.5. The minimum Gasteiger partial charge on any atom is -0.495 e. The molecular weight excluding hydrogens is 385 g/mol. The Morgan fingerprint density at radius 2 is 2.18 bits per heavy atom. The molecule has 28 heavy (non-hydrogen) atoms. The zero-order valence-corrected chi connectivity index (χ0v) is 15.8. The first-order chi connectivity index (χ1) is 13.1. The molecule has 2 atom stereocenters. The number of aliphatic hydroxyl groups excluding tert-OH is 1. The van der Waals surface area contributed by atoms with E-state index in [1.54, 1.807) is 18.3 Å². The SMILES string of the molecule is COc1cc[nH]c1C=C1C(=O)Nc2ccc(F)c(C#CC3CC(O)CN3)c21.Cl. The summed E-state index contributed by atoms with van der Waals surface area (Å²) in [6.07, 6.45) is 3.36. The van der Waals surface area contributed by atoms with Crippen molar-refractivity contribution in [2.24, 2.45) is 0 Å². The van der Waals surface area contributed by atoms with Gasteiger partial charge in [0.2, 0.25) is 0 Å². The molecule has 4 N–H and O–H groups in total. The van der Waals surface area contributed by atoms with Gasteiger partial charge in [0.1, 0.15) is 11.6 Å². The number of carbonyl (C=O) groups excluding carboxylic acids is 1. The standard InChI is InChI=1S/C20H18FN3O3.ClH/c1-27-18-6-7-22-17(18)9-14-19-13(3-2-11-8-12(25)10-23-11)15(21)4-5-16(19)24-20(14)26;/h4-7,9,11-12,22-23,25H,8,10H2,1H3,(H,24,26);1H. The van der Waals surface area contributed by atoms with Crippen LogP contribution in [0.1, 0.15) is 23.2 Å². The zero-order valence-electron chi connectivity index (χ0n) is 15.0. The average Bonchev–Trinajstić information content (AvgIpc) is 3.35. The van der Waals surface area contributed by atoms with E-state index in [1.165, 1.54) is 19.2 Å². The van der Waals surface area contributed by atoms with E-state index in [9.17, 15) is 14.3 Å². The minimum atomic E-state index is -0.499. The lowest BCUT2D eigenvalue weighted by atomic mass is 9.98. The van der Waals surface area contributed by atoms with Crippen molar-refractivity contribution < 1.29 is 19.0 Å². The number of aromatic amines is 1. The summed E-state index contributed by atoms with van der Waals surface area (Å²) in [6.45, 7) is 0.465. The highest BCUT2D eigenvalue weighted by molar-refractivity contribution is 6.35. The van der Waals surface area contributed by atoms with Crippen LogP contribution in [0.3, 0.4) is 0 Å². The first-order valence-electron chi connectivity index (χ1n) is 8.57. The summed E-state index contributed by atoms with van der Waals surface area (Å²) in [4.78, 5) is 15.5. The number of halogens is 2. The van der Waals surface area contributed by atoms with Crippen molar-refractivity contribution in [1.29, 1.82) is 0 Å². The summed E-state index contributed by atoms with van der Waals surface area (Å²) in [5.74, 6) is 5.57. The van der Waals surface area contributed by atoms with Crippen LogP contribution in [-0.2, 0) is 4.79 Å². The van der Waals surface area contributed by atoms with Crippen LogP contribution >= 0.6 is 12.4 Å². The van der Waals surface area contributed by atoms with Gasteiger partial charge in [-0.05, 0) is 24.3 Å². The predicted molar refractivity (Wildman–Crippen MR) is 107 cm³/mol. The lowest BCUT2D eigenvalue weighted by Gasteiger charge is -2.05. The van der Waals surface area contributed by atoms with Gasteiger partial charge in [-0.3, -0.25) is 4.79 Å². The van der Waals surface area contributed by atoms with Crippen LogP contribution in [0, 0.1) is 17.7 Å². The Labute approximate surface area is 167 Å². The Kier molecular flexibility index (Phi) is 5.75. The predicted octanol–water partition coefficient (Wildman–Crippen LogP) is 2.15. The number of methoxy groups -OCH3 is 1. The van der Waals surface area contributed by atoms with Crippen molar-refractivity contribution in [3.05, 3.63) is 47.0 Å². The molecule has 0 saturated carbocycles. The number of ether oxygens (including phenoxy) is 1. The van der Waals surface area contributed by atoms with Gasteiger partial charge in [0, 0.05) is 24.7 Å². The third kappa shape index (κ3) is 3.62. The van der Waals surface area contributed by atoms with Gasteiger partial charge in [-0.15, -0.1) is 12.4 Å². The smallest absolute Gasteiger partial charge is 0.256 e. The van der Waals surface area contributed by atoms with E-state index in [1.807, 2.05) is 0 Å². The van der Waals surface area contributed by atoms with E-state index in [0.717, 1.165) is 0 Å². The Balaban J connectivity index is 0.00000225. The summed E-state index contributed by atoms with van der Waals surface area (Å²) in [5.41, 5.74) is 2.03. The number of amides is 1.